The summed E-state index contributed by atoms with van der Waals surface area (Å²) in [6.45, 7) is 6.64. The summed E-state index contributed by atoms with van der Waals surface area (Å²) >= 11 is 1.80. The molecule has 0 aromatic carbocycles. The molecule has 0 fully saturated rings. The van der Waals surface area contributed by atoms with Crippen LogP contribution in [0.15, 0.2) is 0 Å². The molecule has 0 radical (unpaired) electrons. The van der Waals surface area contributed by atoms with Gasteiger partial charge in [-0.3, -0.25) is 9.59 Å². The van der Waals surface area contributed by atoms with E-state index in [0.717, 1.165) is 23.1 Å². The summed E-state index contributed by atoms with van der Waals surface area (Å²) in [5, 5.41) is 2.58. The summed E-state index contributed by atoms with van der Waals surface area (Å²) in [5.41, 5.74) is 0.525. The second kappa shape index (κ2) is 9.43. The molecule has 0 aliphatic carbocycles. The Labute approximate surface area is 148 Å². The normalized spacial score (nSPS) is 10.2. The third-order valence-electron chi connectivity index (χ3n) is 2.75. The van der Waals surface area contributed by atoms with Gasteiger partial charge in [0, 0.05) is 6.92 Å². The van der Waals surface area contributed by atoms with Gasteiger partial charge in [0.05, 0.1) is 24.5 Å². The molecule has 0 aliphatic rings. The molecule has 7 nitrogen and oxygen atoms in total. The van der Waals surface area contributed by atoms with Gasteiger partial charge < -0.3 is 14.8 Å². The van der Waals surface area contributed by atoms with Gasteiger partial charge in [0.15, 0.2) is 5.12 Å². The average molecular weight is 373 g/mol. The Morgan fingerprint density at radius 1 is 1.08 bits per heavy atom. The minimum atomic E-state index is -0.628. The van der Waals surface area contributed by atoms with Gasteiger partial charge in [0.2, 0.25) is 5.91 Å². The first kappa shape index (κ1) is 20.2. The standard InChI is InChI=1S/C15H19NO6S2/c1-5-21-14(19)11-8(3)12(15(20)22-6-2)24-13(11)16-10(18)7-23-9(4)17/h5-7H2,1-4H3,(H,16,18). The number of carbonyl (C=O) groups excluding carboxylic acids is 4. The van der Waals surface area contributed by atoms with E-state index in [2.05, 4.69) is 5.32 Å². The number of anilines is 1. The zero-order chi connectivity index (χ0) is 18.3. The van der Waals surface area contributed by atoms with Crippen molar-refractivity contribution in [1.82, 2.24) is 0 Å². The Morgan fingerprint density at radius 3 is 2.21 bits per heavy atom. The number of thiophene rings is 1. The number of carbonyl (C=O) groups is 4. The van der Waals surface area contributed by atoms with Crippen LogP contribution in [0.1, 0.15) is 46.4 Å². The van der Waals surface area contributed by atoms with Gasteiger partial charge in [-0.15, -0.1) is 11.3 Å². The number of hydrogen-bond acceptors (Lipinski definition) is 8. The molecule has 24 heavy (non-hydrogen) atoms. The Morgan fingerprint density at radius 2 is 1.67 bits per heavy atom. The Balaban J connectivity index is 3.13. The van der Waals surface area contributed by atoms with Crippen molar-refractivity contribution in [3.63, 3.8) is 0 Å². The lowest BCUT2D eigenvalue weighted by Crippen LogP contribution is -2.17. The van der Waals surface area contributed by atoms with Crippen molar-refractivity contribution in [2.24, 2.45) is 0 Å². The number of amides is 1. The second-order valence-electron chi connectivity index (χ2n) is 4.53. The van der Waals surface area contributed by atoms with Crippen molar-refractivity contribution in [3.05, 3.63) is 16.0 Å². The largest absolute Gasteiger partial charge is 0.462 e. The SMILES string of the molecule is CCOC(=O)c1sc(NC(=O)CSC(C)=O)c(C(=O)OCC)c1C. The van der Waals surface area contributed by atoms with E-state index < -0.39 is 17.8 Å². The third-order valence-corrected chi connectivity index (χ3v) is 4.75. The van der Waals surface area contributed by atoms with E-state index in [1.165, 1.54) is 6.92 Å². The summed E-state index contributed by atoms with van der Waals surface area (Å²) in [6, 6.07) is 0. The first-order chi connectivity index (χ1) is 11.3. The minimum Gasteiger partial charge on any atom is -0.462 e. The van der Waals surface area contributed by atoms with Crippen LogP contribution in [0, 0.1) is 6.92 Å². The van der Waals surface area contributed by atoms with Gasteiger partial charge in [-0.25, -0.2) is 9.59 Å². The lowest BCUT2D eigenvalue weighted by Gasteiger charge is -2.06. The molecule has 1 heterocycles. The second-order valence-corrected chi connectivity index (χ2v) is 6.70. The van der Waals surface area contributed by atoms with Crippen LogP contribution in [0.3, 0.4) is 0 Å². The molecule has 1 rings (SSSR count). The fourth-order valence-electron chi connectivity index (χ4n) is 1.77. The highest BCUT2D eigenvalue weighted by atomic mass is 32.2. The van der Waals surface area contributed by atoms with Crippen LogP contribution in [0.4, 0.5) is 5.00 Å². The highest BCUT2D eigenvalue weighted by Crippen LogP contribution is 2.34. The van der Waals surface area contributed by atoms with Crippen LogP contribution in [0.25, 0.3) is 0 Å². The zero-order valence-corrected chi connectivity index (χ0v) is 15.5. The fourth-order valence-corrected chi connectivity index (χ4v) is 3.28. The van der Waals surface area contributed by atoms with Gasteiger partial charge in [-0.1, -0.05) is 11.8 Å². The van der Waals surface area contributed by atoms with Gasteiger partial charge >= 0.3 is 11.9 Å². The highest BCUT2D eigenvalue weighted by molar-refractivity contribution is 8.14. The molecule has 1 aromatic heterocycles. The van der Waals surface area contributed by atoms with Crippen molar-refractivity contribution < 1.29 is 28.7 Å². The molecule has 0 saturated carbocycles. The van der Waals surface area contributed by atoms with Crippen molar-refractivity contribution in [1.29, 1.82) is 0 Å². The first-order valence-corrected chi connectivity index (χ1v) is 9.02. The molecule has 1 amide bonds. The Kier molecular flexibility index (Phi) is 7.93. The van der Waals surface area contributed by atoms with Crippen LogP contribution in [0.5, 0.6) is 0 Å². The molecule has 132 valence electrons. The van der Waals surface area contributed by atoms with Crippen LogP contribution in [0.2, 0.25) is 0 Å². The van der Waals surface area contributed by atoms with E-state index in [4.69, 9.17) is 9.47 Å². The zero-order valence-electron chi connectivity index (χ0n) is 13.9. The maximum atomic E-state index is 12.1. The number of thioether (sulfide) groups is 1. The topological polar surface area (TPSA) is 98.8 Å². The van der Waals surface area contributed by atoms with Gasteiger partial charge in [-0.05, 0) is 26.3 Å². The summed E-state index contributed by atoms with van der Waals surface area (Å²) in [5.74, 6) is -1.72. The Hall–Kier alpha value is -1.87. The van der Waals surface area contributed by atoms with E-state index in [1.54, 1.807) is 20.8 Å². The third kappa shape index (κ3) is 5.34. The van der Waals surface area contributed by atoms with Crippen molar-refractivity contribution in [3.8, 4) is 0 Å². The lowest BCUT2D eigenvalue weighted by atomic mass is 10.1. The molecule has 0 atom stereocenters. The smallest absolute Gasteiger partial charge is 0.348 e. The first-order valence-electron chi connectivity index (χ1n) is 7.22. The predicted octanol–water partition coefficient (Wildman–Crippen LogP) is 2.63. The number of nitrogens with one attached hydrogen (secondary N) is 1. The van der Waals surface area contributed by atoms with Crippen LogP contribution < -0.4 is 5.32 Å². The molecule has 0 aliphatic heterocycles. The number of esters is 2. The summed E-state index contributed by atoms with van der Waals surface area (Å²) in [6.07, 6.45) is 0. The van der Waals surface area contributed by atoms with Crippen LogP contribution >= 0.6 is 23.1 Å². The maximum Gasteiger partial charge on any atom is 0.348 e. The van der Waals surface area contributed by atoms with E-state index in [1.807, 2.05) is 0 Å². The molecule has 9 heteroatoms. The molecule has 1 N–H and O–H groups in total. The number of ether oxygens (including phenoxy) is 2. The quantitative estimate of drug-likeness (QED) is 0.734. The molecule has 0 saturated heterocycles. The molecule has 0 unspecified atom stereocenters. The predicted molar refractivity (Wildman–Crippen MR) is 92.7 cm³/mol. The minimum absolute atomic E-state index is 0.0801. The maximum absolute atomic E-state index is 12.1. The Bertz CT molecular complexity index is 653. The molecular formula is C15H19NO6S2. The lowest BCUT2D eigenvalue weighted by molar-refractivity contribution is -0.114. The highest BCUT2D eigenvalue weighted by Gasteiger charge is 2.27. The fraction of sp³-hybridized carbons (Fsp3) is 0.467. The molecule has 0 spiro atoms. The van der Waals surface area contributed by atoms with E-state index in [-0.39, 0.29) is 39.5 Å². The van der Waals surface area contributed by atoms with Gasteiger partial charge in [0.25, 0.3) is 0 Å². The average Bonchev–Trinajstić information content (AvgIpc) is 2.82. The van der Waals surface area contributed by atoms with E-state index >= 15 is 0 Å². The molecule has 1 aromatic rings. The van der Waals surface area contributed by atoms with Gasteiger partial charge in [0.1, 0.15) is 9.88 Å². The number of hydrogen-bond donors (Lipinski definition) is 1. The van der Waals surface area contributed by atoms with Crippen molar-refractivity contribution in [2.75, 3.05) is 24.3 Å². The summed E-state index contributed by atoms with van der Waals surface area (Å²) in [4.78, 5) is 47.2. The molecular weight excluding hydrogens is 354 g/mol. The van der Waals surface area contributed by atoms with E-state index in [0.29, 0.717) is 5.56 Å². The summed E-state index contributed by atoms with van der Waals surface area (Å²) < 4.78 is 9.95. The van der Waals surface area contributed by atoms with E-state index in [9.17, 15) is 19.2 Å². The van der Waals surface area contributed by atoms with Crippen molar-refractivity contribution >= 4 is 51.1 Å². The summed E-state index contributed by atoms with van der Waals surface area (Å²) in [7, 11) is 0. The van der Waals surface area contributed by atoms with Crippen molar-refractivity contribution in [2.45, 2.75) is 27.7 Å². The number of rotatable bonds is 7. The van der Waals surface area contributed by atoms with Gasteiger partial charge in [-0.2, -0.15) is 0 Å². The van der Waals surface area contributed by atoms with Crippen LogP contribution in [-0.4, -0.2) is 41.9 Å². The van der Waals surface area contributed by atoms with Crippen LogP contribution in [-0.2, 0) is 19.1 Å². The molecule has 0 bridgehead atoms. The monoisotopic (exact) mass is 373 g/mol.